The maximum absolute atomic E-state index is 9.05. The van der Waals surface area contributed by atoms with E-state index in [4.69, 9.17) is 15.3 Å². The highest BCUT2D eigenvalue weighted by atomic mass is 16.3. The van der Waals surface area contributed by atoms with Crippen molar-refractivity contribution in [3.63, 3.8) is 0 Å². The van der Waals surface area contributed by atoms with Crippen molar-refractivity contribution in [2.24, 2.45) is 5.73 Å². The van der Waals surface area contributed by atoms with Gasteiger partial charge in [-0.25, -0.2) is 0 Å². The first-order valence-corrected chi connectivity index (χ1v) is 6.05. The third-order valence-corrected chi connectivity index (χ3v) is 3.20. The van der Waals surface area contributed by atoms with Crippen molar-refractivity contribution in [2.45, 2.75) is 12.5 Å². The molecule has 0 aliphatic heterocycles. The van der Waals surface area contributed by atoms with Gasteiger partial charge in [0, 0.05) is 16.8 Å². The van der Waals surface area contributed by atoms with Crippen LogP contribution in [0.25, 0.3) is 21.9 Å². The number of hydrogen-bond donors (Lipinski definition) is 2. The zero-order valence-electron chi connectivity index (χ0n) is 9.97. The van der Waals surface area contributed by atoms with Gasteiger partial charge in [0.2, 0.25) is 0 Å². The molecule has 3 nitrogen and oxygen atoms in total. The molecule has 0 radical (unpaired) electrons. The standard InChI is InChI=1S/C15H15NO2/c16-11(9-17)8-10-4-3-6-13-12-5-1-2-7-14(12)18-15(10)13/h1-7,11,17H,8-9,16H2. The third-order valence-electron chi connectivity index (χ3n) is 3.20. The van der Waals surface area contributed by atoms with Crippen molar-refractivity contribution in [3.8, 4) is 0 Å². The quantitative estimate of drug-likeness (QED) is 0.740. The van der Waals surface area contributed by atoms with Crippen LogP contribution in [0.2, 0.25) is 0 Å². The van der Waals surface area contributed by atoms with E-state index in [0.29, 0.717) is 6.42 Å². The normalized spacial score (nSPS) is 13.2. The lowest BCUT2D eigenvalue weighted by atomic mass is 10.0. The topological polar surface area (TPSA) is 59.4 Å². The summed E-state index contributed by atoms with van der Waals surface area (Å²) in [5.74, 6) is 0. The first-order valence-electron chi connectivity index (χ1n) is 6.05. The third kappa shape index (κ3) is 1.78. The van der Waals surface area contributed by atoms with E-state index in [0.717, 1.165) is 27.5 Å². The maximum atomic E-state index is 9.05. The Balaban J connectivity index is 2.21. The largest absolute Gasteiger partial charge is 0.456 e. The molecular weight excluding hydrogens is 226 g/mol. The molecule has 0 fully saturated rings. The summed E-state index contributed by atoms with van der Waals surface area (Å²) in [6, 6.07) is 13.8. The van der Waals surface area contributed by atoms with Crippen molar-refractivity contribution >= 4 is 21.9 Å². The molecule has 1 atom stereocenters. The van der Waals surface area contributed by atoms with Gasteiger partial charge in [-0.15, -0.1) is 0 Å². The lowest BCUT2D eigenvalue weighted by Crippen LogP contribution is -2.26. The first-order chi connectivity index (χ1) is 8.79. The van der Waals surface area contributed by atoms with Crippen LogP contribution in [0.1, 0.15) is 5.56 Å². The summed E-state index contributed by atoms with van der Waals surface area (Å²) >= 11 is 0. The fourth-order valence-corrected chi connectivity index (χ4v) is 2.31. The van der Waals surface area contributed by atoms with Crippen molar-refractivity contribution in [2.75, 3.05) is 6.61 Å². The molecule has 0 aliphatic rings. The molecule has 0 saturated heterocycles. The zero-order valence-corrected chi connectivity index (χ0v) is 9.97. The number of benzene rings is 2. The number of aliphatic hydroxyl groups excluding tert-OH is 1. The predicted octanol–water partition coefficient (Wildman–Crippen LogP) is 2.45. The molecule has 0 saturated carbocycles. The van der Waals surface area contributed by atoms with E-state index in [1.807, 2.05) is 30.3 Å². The molecule has 92 valence electrons. The van der Waals surface area contributed by atoms with Gasteiger partial charge in [0.25, 0.3) is 0 Å². The van der Waals surface area contributed by atoms with Gasteiger partial charge in [-0.1, -0.05) is 36.4 Å². The number of furan rings is 1. The SMILES string of the molecule is NC(CO)Cc1cccc2c1oc1ccccc12. The molecule has 2 aromatic carbocycles. The Kier molecular flexibility index (Phi) is 2.78. The van der Waals surface area contributed by atoms with E-state index < -0.39 is 0 Å². The van der Waals surface area contributed by atoms with Crippen molar-refractivity contribution in [1.82, 2.24) is 0 Å². The van der Waals surface area contributed by atoms with Crippen LogP contribution in [-0.4, -0.2) is 17.8 Å². The van der Waals surface area contributed by atoms with Gasteiger partial charge in [-0.2, -0.15) is 0 Å². The molecule has 18 heavy (non-hydrogen) atoms. The molecule has 1 aromatic heterocycles. The fourth-order valence-electron chi connectivity index (χ4n) is 2.31. The monoisotopic (exact) mass is 241 g/mol. The lowest BCUT2D eigenvalue weighted by molar-refractivity contribution is 0.265. The van der Waals surface area contributed by atoms with Crippen LogP contribution < -0.4 is 5.73 Å². The second kappa shape index (κ2) is 4.44. The van der Waals surface area contributed by atoms with Gasteiger partial charge in [-0.3, -0.25) is 0 Å². The summed E-state index contributed by atoms with van der Waals surface area (Å²) in [5, 5.41) is 11.3. The second-order valence-corrected chi connectivity index (χ2v) is 4.54. The fraction of sp³-hybridized carbons (Fsp3) is 0.200. The van der Waals surface area contributed by atoms with E-state index in [2.05, 4.69) is 12.1 Å². The summed E-state index contributed by atoms with van der Waals surface area (Å²) in [6.45, 7) is -0.0172. The van der Waals surface area contributed by atoms with Gasteiger partial charge in [0.1, 0.15) is 11.2 Å². The van der Waals surface area contributed by atoms with Crippen molar-refractivity contribution in [3.05, 3.63) is 48.0 Å². The Labute approximate surface area is 105 Å². The smallest absolute Gasteiger partial charge is 0.138 e. The van der Waals surface area contributed by atoms with Crippen LogP contribution >= 0.6 is 0 Å². The minimum absolute atomic E-state index is 0.0172. The average Bonchev–Trinajstić information content (AvgIpc) is 2.78. The Bertz CT molecular complexity index is 687. The lowest BCUT2D eigenvalue weighted by Gasteiger charge is -2.07. The second-order valence-electron chi connectivity index (χ2n) is 4.54. The van der Waals surface area contributed by atoms with Crippen LogP contribution in [0.15, 0.2) is 46.9 Å². The van der Waals surface area contributed by atoms with Crippen molar-refractivity contribution in [1.29, 1.82) is 0 Å². The number of fused-ring (bicyclic) bond motifs is 3. The molecule has 0 spiro atoms. The van der Waals surface area contributed by atoms with Crippen molar-refractivity contribution < 1.29 is 9.52 Å². The molecule has 1 heterocycles. The molecule has 0 bridgehead atoms. The highest BCUT2D eigenvalue weighted by Crippen LogP contribution is 2.30. The molecule has 0 amide bonds. The van der Waals surface area contributed by atoms with Gasteiger partial charge >= 0.3 is 0 Å². The maximum Gasteiger partial charge on any atom is 0.138 e. The van der Waals surface area contributed by atoms with E-state index >= 15 is 0 Å². The van der Waals surface area contributed by atoms with Gasteiger partial charge < -0.3 is 15.3 Å². The number of aliphatic hydroxyl groups is 1. The highest BCUT2D eigenvalue weighted by molar-refractivity contribution is 6.05. The molecule has 0 aliphatic carbocycles. The zero-order chi connectivity index (χ0) is 12.5. The molecule has 3 heteroatoms. The van der Waals surface area contributed by atoms with Crippen LogP contribution in [-0.2, 0) is 6.42 Å². The van der Waals surface area contributed by atoms with Crippen LogP contribution in [0.3, 0.4) is 0 Å². The van der Waals surface area contributed by atoms with E-state index in [-0.39, 0.29) is 12.6 Å². The van der Waals surface area contributed by atoms with Gasteiger partial charge in [0.15, 0.2) is 0 Å². The Morgan fingerprint density at radius 3 is 2.67 bits per heavy atom. The minimum atomic E-state index is -0.246. The predicted molar refractivity (Wildman–Crippen MR) is 72.5 cm³/mol. The Morgan fingerprint density at radius 2 is 1.83 bits per heavy atom. The van der Waals surface area contributed by atoms with Crippen LogP contribution in [0.4, 0.5) is 0 Å². The highest BCUT2D eigenvalue weighted by Gasteiger charge is 2.12. The number of para-hydroxylation sites is 2. The van der Waals surface area contributed by atoms with Gasteiger partial charge in [0.05, 0.1) is 6.61 Å². The average molecular weight is 241 g/mol. The molecule has 3 N–H and O–H groups in total. The Morgan fingerprint density at radius 1 is 1.06 bits per heavy atom. The molecule has 3 rings (SSSR count). The number of rotatable bonds is 3. The molecule has 3 aromatic rings. The first kappa shape index (κ1) is 11.3. The van der Waals surface area contributed by atoms with E-state index in [1.165, 1.54) is 0 Å². The van der Waals surface area contributed by atoms with E-state index in [1.54, 1.807) is 0 Å². The number of nitrogens with two attached hydrogens (primary N) is 1. The summed E-state index contributed by atoms with van der Waals surface area (Å²) in [6.07, 6.45) is 0.619. The van der Waals surface area contributed by atoms with Crippen LogP contribution in [0, 0.1) is 0 Å². The summed E-state index contributed by atoms with van der Waals surface area (Å²) < 4.78 is 5.89. The minimum Gasteiger partial charge on any atom is -0.456 e. The summed E-state index contributed by atoms with van der Waals surface area (Å²) in [7, 11) is 0. The molecule has 1 unspecified atom stereocenters. The summed E-state index contributed by atoms with van der Waals surface area (Å²) in [5.41, 5.74) is 8.61. The Hall–Kier alpha value is -1.84. The summed E-state index contributed by atoms with van der Waals surface area (Å²) in [4.78, 5) is 0. The van der Waals surface area contributed by atoms with Crippen LogP contribution in [0.5, 0.6) is 0 Å². The molecular formula is C15H15NO2. The van der Waals surface area contributed by atoms with Gasteiger partial charge in [-0.05, 0) is 18.1 Å². The van der Waals surface area contributed by atoms with E-state index in [9.17, 15) is 0 Å². The number of hydrogen-bond acceptors (Lipinski definition) is 3.